The minimum Gasteiger partial charge on any atom is -0.494 e. The molecule has 2 aromatic carbocycles. The molecule has 0 fully saturated rings. The second-order valence-electron chi connectivity index (χ2n) is 5.65. The number of rotatable bonds is 7. The van der Waals surface area contributed by atoms with Crippen molar-refractivity contribution >= 4 is 11.8 Å². The number of ether oxygens (including phenoxy) is 1. The number of carbonyl (C=O) groups is 2. The van der Waals surface area contributed by atoms with Gasteiger partial charge < -0.3 is 15.8 Å². The van der Waals surface area contributed by atoms with E-state index >= 15 is 0 Å². The summed E-state index contributed by atoms with van der Waals surface area (Å²) in [4.78, 5) is 23.1. The van der Waals surface area contributed by atoms with Crippen LogP contribution in [0.3, 0.4) is 0 Å². The number of hydrogen-bond acceptors (Lipinski definition) is 3. The van der Waals surface area contributed by atoms with Gasteiger partial charge in [0.2, 0.25) is 5.91 Å². The molecule has 0 unspecified atom stereocenters. The Morgan fingerprint density at radius 1 is 1.04 bits per heavy atom. The zero-order chi connectivity index (χ0) is 18.8. The topological polar surface area (TPSA) is 81.4 Å². The Kier molecular flexibility index (Phi) is 7.26. The number of nitrogens with two attached hydrogens (primary N) is 1. The van der Waals surface area contributed by atoms with Gasteiger partial charge in [-0.3, -0.25) is 9.59 Å². The number of hydrogen-bond donors (Lipinski definition) is 2. The summed E-state index contributed by atoms with van der Waals surface area (Å²) in [6.07, 6.45) is 2.09. The molecule has 2 aromatic rings. The van der Waals surface area contributed by atoms with Gasteiger partial charge in [0.25, 0.3) is 5.91 Å². The molecule has 0 bridgehead atoms. The maximum atomic E-state index is 12.1. The molecule has 0 radical (unpaired) electrons. The first kappa shape index (κ1) is 19.1. The van der Waals surface area contributed by atoms with Gasteiger partial charge in [-0.1, -0.05) is 25.2 Å². The Hall–Kier alpha value is -3.26. The summed E-state index contributed by atoms with van der Waals surface area (Å²) in [5.41, 5.74) is 6.92. The molecule has 2 rings (SSSR count). The van der Waals surface area contributed by atoms with Crippen LogP contribution >= 0.6 is 0 Å². The van der Waals surface area contributed by atoms with Crippen LogP contribution in [-0.4, -0.2) is 25.0 Å². The summed E-state index contributed by atoms with van der Waals surface area (Å²) in [6.45, 7) is 3.01. The third kappa shape index (κ3) is 5.99. The van der Waals surface area contributed by atoms with E-state index < -0.39 is 5.91 Å². The predicted octanol–water partition coefficient (Wildman–Crippen LogP) is 2.75. The molecule has 0 aliphatic carbocycles. The molecular weight excluding hydrogens is 328 g/mol. The first-order chi connectivity index (χ1) is 12.6. The van der Waals surface area contributed by atoms with E-state index in [0.29, 0.717) is 17.7 Å². The molecule has 0 spiro atoms. The van der Waals surface area contributed by atoms with Crippen molar-refractivity contribution in [2.45, 2.75) is 19.8 Å². The molecule has 0 heterocycles. The lowest BCUT2D eigenvalue weighted by Crippen LogP contribution is -2.23. The highest BCUT2D eigenvalue weighted by molar-refractivity contribution is 5.94. The van der Waals surface area contributed by atoms with Crippen LogP contribution in [0.4, 0.5) is 0 Å². The van der Waals surface area contributed by atoms with E-state index in [2.05, 4.69) is 24.1 Å². The second-order valence-corrected chi connectivity index (χ2v) is 5.65. The van der Waals surface area contributed by atoms with Crippen molar-refractivity contribution < 1.29 is 14.3 Å². The first-order valence-electron chi connectivity index (χ1n) is 8.50. The molecule has 0 aliphatic rings. The van der Waals surface area contributed by atoms with Crippen LogP contribution in [0, 0.1) is 11.8 Å². The molecule has 0 saturated heterocycles. The number of unbranched alkanes of at least 4 members (excludes halogenated alkanes) is 1. The van der Waals surface area contributed by atoms with Gasteiger partial charge in [-0.25, -0.2) is 0 Å². The lowest BCUT2D eigenvalue weighted by molar-refractivity contribution is 0.0957. The number of amides is 2. The van der Waals surface area contributed by atoms with Crippen LogP contribution in [-0.2, 0) is 0 Å². The van der Waals surface area contributed by atoms with E-state index in [0.717, 1.165) is 24.2 Å². The van der Waals surface area contributed by atoms with Crippen LogP contribution in [0.5, 0.6) is 5.75 Å². The SMILES string of the molecule is CCCCOc1ccc(C(=O)NCC#Cc2ccc(C(N)=O)cc2)cc1. The lowest BCUT2D eigenvalue weighted by Gasteiger charge is -2.06. The summed E-state index contributed by atoms with van der Waals surface area (Å²) >= 11 is 0. The summed E-state index contributed by atoms with van der Waals surface area (Å²) in [6, 6.07) is 13.7. The van der Waals surface area contributed by atoms with Crippen LogP contribution < -0.4 is 15.8 Å². The van der Waals surface area contributed by atoms with Gasteiger partial charge in [0.1, 0.15) is 5.75 Å². The third-order valence-electron chi connectivity index (χ3n) is 3.62. The molecule has 3 N–H and O–H groups in total. The monoisotopic (exact) mass is 350 g/mol. The largest absolute Gasteiger partial charge is 0.494 e. The van der Waals surface area contributed by atoms with Gasteiger partial charge in [0.05, 0.1) is 13.2 Å². The number of carbonyl (C=O) groups excluding carboxylic acids is 2. The van der Waals surface area contributed by atoms with E-state index in [1.54, 1.807) is 48.5 Å². The molecule has 0 aliphatic heterocycles. The molecule has 0 atom stereocenters. The second kappa shape index (κ2) is 9.90. The van der Waals surface area contributed by atoms with E-state index in [4.69, 9.17) is 10.5 Å². The number of benzene rings is 2. The summed E-state index contributed by atoms with van der Waals surface area (Å²) in [7, 11) is 0. The van der Waals surface area contributed by atoms with Crippen LogP contribution in [0.1, 0.15) is 46.0 Å². The van der Waals surface area contributed by atoms with Crippen LogP contribution in [0.15, 0.2) is 48.5 Å². The van der Waals surface area contributed by atoms with Crippen LogP contribution in [0.25, 0.3) is 0 Å². The first-order valence-corrected chi connectivity index (χ1v) is 8.50. The Labute approximate surface area is 153 Å². The fourth-order valence-corrected chi connectivity index (χ4v) is 2.13. The minimum atomic E-state index is -0.474. The zero-order valence-corrected chi connectivity index (χ0v) is 14.7. The molecule has 5 nitrogen and oxygen atoms in total. The van der Waals surface area contributed by atoms with Crippen molar-refractivity contribution in [3.05, 3.63) is 65.2 Å². The Bertz CT molecular complexity index is 800. The molecule has 2 amide bonds. The van der Waals surface area contributed by atoms with E-state index in [1.807, 2.05) is 0 Å². The van der Waals surface area contributed by atoms with E-state index in [1.165, 1.54) is 0 Å². The Balaban J connectivity index is 1.82. The number of primary amides is 1. The summed E-state index contributed by atoms with van der Waals surface area (Å²) in [5, 5.41) is 2.74. The average molecular weight is 350 g/mol. The fourth-order valence-electron chi connectivity index (χ4n) is 2.13. The van der Waals surface area contributed by atoms with Crippen molar-refractivity contribution in [2.75, 3.05) is 13.2 Å². The minimum absolute atomic E-state index is 0.191. The maximum Gasteiger partial charge on any atom is 0.252 e. The van der Waals surface area contributed by atoms with Gasteiger partial charge in [0, 0.05) is 16.7 Å². The highest BCUT2D eigenvalue weighted by Crippen LogP contribution is 2.12. The third-order valence-corrected chi connectivity index (χ3v) is 3.62. The van der Waals surface area contributed by atoms with Gasteiger partial charge in [0.15, 0.2) is 0 Å². The standard InChI is InChI=1S/C21H22N2O3/c1-2-3-15-26-19-12-10-18(11-13-19)21(25)23-14-4-5-16-6-8-17(9-7-16)20(22)24/h6-13H,2-3,14-15H2,1H3,(H2,22,24)(H,23,25). The Morgan fingerprint density at radius 2 is 1.69 bits per heavy atom. The normalized spacial score (nSPS) is 9.73. The van der Waals surface area contributed by atoms with Crippen LogP contribution in [0.2, 0.25) is 0 Å². The van der Waals surface area contributed by atoms with E-state index in [9.17, 15) is 9.59 Å². The predicted molar refractivity (Wildman–Crippen MR) is 101 cm³/mol. The van der Waals surface area contributed by atoms with Crippen molar-refractivity contribution in [1.29, 1.82) is 0 Å². The van der Waals surface area contributed by atoms with Crippen molar-refractivity contribution in [2.24, 2.45) is 5.73 Å². The highest BCUT2D eigenvalue weighted by atomic mass is 16.5. The average Bonchev–Trinajstić information content (AvgIpc) is 2.66. The Morgan fingerprint density at radius 3 is 2.31 bits per heavy atom. The maximum absolute atomic E-state index is 12.1. The van der Waals surface area contributed by atoms with Gasteiger partial charge >= 0.3 is 0 Å². The molecule has 0 saturated carbocycles. The smallest absolute Gasteiger partial charge is 0.252 e. The molecule has 26 heavy (non-hydrogen) atoms. The lowest BCUT2D eigenvalue weighted by atomic mass is 10.1. The zero-order valence-electron chi connectivity index (χ0n) is 14.7. The van der Waals surface area contributed by atoms with Crippen molar-refractivity contribution in [3.63, 3.8) is 0 Å². The highest BCUT2D eigenvalue weighted by Gasteiger charge is 2.04. The fraction of sp³-hybridized carbons (Fsp3) is 0.238. The molecule has 5 heteroatoms. The quantitative estimate of drug-likeness (QED) is 0.595. The molecule has 134 valence electrons. The van der Waals surface area contributed by atoms with E-state index in [-0.39, 0.29) is 12.5 Å². The summed E-state index contributed by atoms with van der Waals surface area (Å²) in [5.74, 6) is 5.89. The summed E-state index contributed by atoms with van der Waals surface area (Å²) < 4.78 is 5.57. The van der Waals surface area contributed by atoms with Gasteiger partial charge in [-0.2, -0.15) is 0 Å². The van der Waals surface area contributed by atoms with Crippen molar-refractivity contribution in [3.8, 4) is 17.6 Å². The van der Waals surface area contributed by atoms with Crippen molar-refractivity contribution in [1.82, 2.24) is 5.32 Å². The molecule has 0 aromatic heterocycles. The van der Waals surface area contributed by atoms with Gasteiger partial charge in [-0.15, -0.1) is 0 Å². The van der Waals surface area contributed by atoms with Gasteiger partial charge in [-0.05, 0) is 55.0 Å². The molecular formula is C21H22N2O3. The number of nitrogens with one attached hydrogen (secondary N) is 1.